The van der Waals surface area contributed by atoms with Gasteiger partial charge in [0.15, 0.2) is 0 Å². The zero-order valence-corrected chi connectivity index (χ0v) is 9.94. The third-order valence-electron chi connectivity index (χ3n) is 2.73. The van der Waals surface area contributed by atoms with Crippen LogP contribution >= 0.6 is 0 Å². The van der Waals surface area contributed by atoms with Crippen LogP contribution in [-0.2, 0) is 10.0 Å². The molecule has 2 N–H and O–H groups in total. The lowest BCUT2D eigenvalue weighted by molar-refractivity contribution is 0.590. The van der Waals surface area contributed by atoms with Crippen LogP contribution in [0.5, 0.6) is 0 Å². The standard InChI is InChI=1S/C10H15N3O2S/c1-13(10-4-5-12-6-9(10)11)16(14,15)7-8-2-3-8/h4-6,8H,2-3,7,11H2,1H3. The molecule has 0 atom stereocenters. The molecule has 16 heavy (non-hydrogen) atoms. The Morgan fingerprint density at radius 1 is 1.56 bits per heavy atom. The number of nitrogen functional groups attached to an aromatic ring is 1. The van der Waals surface area contributed by atoms with Gasteiger partial charge < -0.3 is 5.73 Å². The topological polar surface area (TPSA) is 76.3 Å². The fourth-order valence-electron chi connectivity index (χ4n) is 1.53. The highest BCUT2D eigenvalue weighted by Gasteiger charge is 2.31. The van der Waals surface area contributed by atoms with Gasteiger partial charge in [-0.25, -0.2) is 8.42 Å². The number of aromatic nitrogens is 1. The van der Waals surface area contributed by atoms with Crippen LogP contribution in [0.1, 0.15) is 12.8 Å². The number of rotatable bonds is 4. The van der Waals surface area contributed by atoms with Crippen molar-refractivity contribution >= 4 is 21.4 Å². The van der Waals surface area contributed by atoms with Gasteiger partial charge in [-0.05, 0) is 24.8 Å². The Morgan fingerprint density at radius 2 is 2.25 bits per heavy atom. The van der Waals surface area contributed by atoms with Crippen molar-refractivity contribution in [3.8, 4) is 0 Å². The number of anilines is 2. The van der Waals surface area contributed by atoms with Crippen molar-refractivity contribution < 1.29 is 8.42 Å². The van der Waals surface area contributed by atoms with Crippen LogP contribution in [0, 0.1) is 5.92 Å². The second kappa shape index (κ2) is 3.93. The smallest absolute Gasteiger partial charge is 0.235 e. The van der Waals surface area contributed by atoms with Crippen molar-refractivity contribution in [3.63, 3.8) is 0 Å². The van der Waals surface area contributed by atoms with Crippen LogP contribution in [-0.4, -0.2) is 26.2 Å². The maximum Gasteiger partial charge on any atom is 0.235 e. The Kier molecular flexibility index (Phi) is 2.75. The predicted molar refractivity (Wildman–Crippen MR) is 63.6 cm³/mol. The molecule has 1 aromatic rings. The Labute approximate surface area is 95.3 Å². The zero-order valence-electron chi connectivity index (χ0n) is 9.13. The minimum Gasteiger partial charge on any atom is -0.396 e. The van der Waals surface area contributed by atoms with E-state index in [2.05, 4.69) is 4.98 Å². The van der Waals surface area contributed by atoms with Crippen LogP contribution in [0.25, 0.3) is 0 Å². The molecular formula is C10H15N3O2S. The molecule has 0 spiro atoms. The Morgan fingerprint density at radius 3 is 2.81 bits per heavy atom. The van der Waals surface area contributed by atoms with E-state index in [1.807, 2.05) is 0 Å². The van der Waals surface area contributed by atoms with Gasteiger partial charge in [0.25, 0.3) is 0 Å². The highest BCUT2D eigenvalue weighted by atomic mass is 32.2. The van der Waals surface area contributed by atoms with Crippen LogP contribution in [0.15, 0.2) is 18.5 Å². The van der Waals surface area contributed by atoms with Crippen molar-refractivity contribution in [2.45, 2.75) is 12.8 Å². The maximum atomic E-state index is 12.0. The largest absolute Gasteiger partial charge is 0.396 e. The normalized spacial score (nSPS) is 16.1. The average Bonchev–Trinajstić information content (AvgIpc) is 3.01. The van der Waals surface area contributed by atoms with Gasteiger partial charge in [-0.1, -0.05) is 0 Å². The first-order chi connectivity index (χ1) is 7.50. The van der Waals surface area contributed by atoms with Crippen molar-refractivity contribution in [2.75, 3.05) is 22.8 Å². The van der Waals surface area contributed by atoms with Crippen LogP contribution in [0.4, 0.5) is 11.4 Å². The summed E-state index contributed by atoms with van der Waals surface area (Å²) in [6, 6.07) is 1.61. The molecule has 1 aliphatic carbocycles. The molecule has 88 valence electrons. The second-order valence-electron chi connectivity index (χ2n) is 4.12. The summed E-state index contributed by atoms with van der Waals surface area (Å²) in [7, 11) is -1.72. The first kappa shape index (κ1) is 11.2. The molecule has 6 heteroatoms. The lowest BCUT2D eigenvalue weighted by Crippen LogP contribution is -2.30. The average molecular weight is 241 g/mol. The monoisotopic (exact) mass is 241 g/mol. The van der Waals surface area contributed by atoms with Crippen LogP contribution in [0.2, 0.25) is 0 Å². The molecular weight excluding hydrogens is 226 g/mol. The lowest BCUT2D eigenvalue weighted by atomic mass is 10.3. The predicted octanol–water partition coefficient (Wildman–Crippen LogP) is 0.840. The van der Waals surface area contributed by atoms with E-state index in [0.717, 1.165) is 12.8 Å². The summed E-state index contributed by atoms with van der Waals surface area (Å²) in [6.45, 7) is 0. The molecule has 0 bridgehead atoms. The molecule has 1 fully saturated rings. The minimum absolute atomic E-state index is 0.214. The number of sulfonamides is 1. The first-order valence-corrected chi connectivity index (χ1v) is 6.78. The van der Waals surface area contributed by atoms with E-state index in [9.17, 15) is 8.42 Å². The van der Waals surface area contributed by atoms with E-state index < -0.39 is 10.0 Å². The third kappa shape index (κ3) is 2.27. The Hall–Kier alpha value is -1.30. The van der Waals surface area contributed by atoms with Crippen molar-refractivity contribution in [1.29, 1.82) is 0 Å². The quantitative estimate of drug-likeness (QED) is 0.847. The Balaban J connectivity index is 2.23. The van der Waals surface area contributed by atoms with Crippen molar-refractivity contribution in [2.24, 2.45) is 5.92 Å². The lowest BCUT2D eigenvalue weighted by Gasteiger charge is -2.20. The highest BCUT2D eigenvalue weighted by Crippen LogP contribution is 2.32. The zero-order chi connectivity index (χ0) is 11.8. The van der Waals surface area contributed by atoms with Gasteiger partial charge in [-0.3, -0.25) is 9.29 Å². The summed E-state index contributed by atoms with van der Waals surface area (Å²) in [4.78, 5) is 3.84. The van der Waals surface area contributed by atoms with Gasteiger partial charge >= 0.3 is 0 Å². The van der Waals surface area contributed by atoms with E-state index in [0.29, 0.717) is 17.3 Å². The SMILES string of the molecule is CN(c1ccncc1N)S(=O)(=O)CC1CC1. The molecule has 1 aromatic heterocycles. The van der Waals surface area contributed by atoms with Crippen LogP contribution < -0.4 is 10.0 Å². The molecule has 0 aromatic carbocycles. The molecule has 1 aliphatic rings. The van der Waals surface area contributed by atoms with Gasteiger partial charge in [0.1, 0.15) is 0 Å². The molecule has 0 unspecified atom stereocenters. The Bertz CT molecular complexity index is 483. The van der Waals surface area contributed by atoms with E-state index in [1.165, 1.54) is 23.7 Å². The summed E-state index contributed by atoms with van der Waals surface area (Å²) in [5, 5.41) is 0. The van der Waals surface area contributed by atoms with Gasteiger partial charge in [-0.2, -0.15) is 0 Å². The molecule has 0 aliphatic heterocycles. The molecule has 2 rings (SSSR count). The van der Waals surface area contributed by atoms with E-state index in [1.54, 1.807) is 6.07 Å². The molecule has 1 heterocycles. The summed E-state index contributed by atoms with van der Waals surface area (Å²) < 4.78 is 25.2. The number of pyridine rings is 1. The van der Waals surface area contributed by atoms with Gasteiger partial charge in [0.05, 0.1) is 23.3 Å². The number of nitrogens with zero attached hydrogens (tertiary/aromatic N) is 2. The number of hydrogen-bond acceptors (Lipinski definition) is 4. The molecule has 0 radical (unpaired) electrons. The third-order valence-corrected chi connectivity index (χ3v) is 4.65. The summed E-state index contributed by atoms with van der Waals surface area (Å²) >= 11 is 0. The summed E-state index contributed by atoms with van der Waals surface area (Å²) in [5.41, 5.74) is 6.57. The molecule has 0 amide bonds. The van der Waals surface area contributed by atoms with Crippen molar-refractivity contribution in [3.05, 3.63) is 18.5 Å². The fraction of sp³-hybridized carbons (Fsp3) is 0.500. The van der Waals surface area contributed by atoms with E-state index in [-0.39, 0.29) is 5.75 Å². The molecule has 0 saturated heterocycles. The van der Waals surface area contributed by atoms with E-state index >= 15 is 0 Å². The van der Waals surface area contributed by atoms with E-state index in [4.69, 9.17) is 5.73 Å². The van der Waals surface area contributed by atoms with Gasteiger partial charge in [0, 0.05) is 13.2 Å². The summed E-state index contributed by atoms with van der Waals surface area (Å²) in [5.74, 6) is 0.543. The first-order valence-electron chi connectivity index (χ1n) is 5.17. The van der Waals surface area contributed by atoms with Crippen molar-refractivity contribution in [1.82, 2.24) is 4.98 Å². The fourth-order valence-corrected chi connectivity index (χ4v) is 3.15. The molecule has 5 nitrogen and oxygen atoms in total. The molecule has 1 saturated carbocycles. The second-order valence-corrected chi connectivity index (χ2v) is 6.17. The van der Waals surface area contributed by atoms with Crippen LogP contribution in [0.3, 0.4) is 0 Å². The number of hydrogen-bond donors (Lipinski definition) is 1. The summed E-state index contributed by atoms with van der Waals surface area (Å²) in [6.07, 6.45) is 5.02. The van der Waals surface area contributed by atoms with Gasteiger partial charge in [-0.15, -0.1) is 0 Å². The minimum atomic E-state index is -3.25. The number of nitrogens with two attached hydrogens (primary N) is 1. The maximum absolute atomic E-state index is 12.0. The highest BCUT2D eigenvalue weighted by molar-refractivity contribution is 7.92. The van der Waals surface area contributed by atoms with Gasteiger partial charge in [0.2, 0.25) is 10.0 Å².